The highest BCUT2D eigenvalue weighted by Gasteiger charge is 2.16. The van der Waals surface area contributed by atoms with Crippen molar-refractivity contribution in [3.63, 3.8) is 0 Å². The quantitative estimate of drug-likeness (QED) is 0.672. The van der Waals surface area contributed by atoms with Gasteiger partial charge in [0.1, 0.15) is 11.6 Å². The Morgan fingerprint density at radius 3 is 2.60 bits per heavy atom. The molecule has 0 unspecified atom stereocenters. The summed E-state index contributed by atoms with van der Waals surface area (Å²) in [4.78, 5) is 6.81. The average molecular weight is 275 g/mol. The van der Waals surface area contributed by atoms with Crippen LogP contribution in [-0.2, 0) is 0 Å². The predicted octanol–water partition coefficient (Wildman–Crippen LogP) is 3.26. The largest absolute Gasteiger partial charge is 0.494 e. The fourth-order valence-electron chi connectivity index (χ4n) is 2.19. The van der Waals surface area contributed by atoms with Gasteiger partial charge in [0.25, 0.3) is 0 Å². The monoisotopic (exact) mass is 275 g/mol. The van der Waals surface area contributed by atoms with E-state index in [0.717, 1.165) is 0 Å². The molecule has 0 aliphatic heterocycles. The number of nitrogens with one attached hydrogen (secondary N) is 2. The van der Waals surface area contributed by atoms with Crippen LogP contribution < -0.4 is 5.32 Å². The van der Waals surface area contributed by atoms with Crippen molar-refractivity contribution in [1.29, 1.82) is 0 Å². The van der Waals surface area contributed by atoms with Crippen LogP contribution in [0.25, 0.3) is 22.2 Å². The Hall–Kier alpha value is -2.63. The number of rotatable bonds is 2. The van der Waals surface area contributed by atoms with Crippen LogP contribution >= 0.6 is 0 Å². The maximum absolute atomic E-state index is 13.8. The number of anilines is 1. The van der Waals surface area contributed by atoms with Crippen LogP contribution in [0.5, 0.6) is 5.88 Å². The summed E-state index contributed by atoms with van der Waals surface area (Å²) in [7, 11) is 1.66. The molecule has 0 aliphatic carbocycles. The first-order chi connectivity index (χ1) is 9.61. The van der Waals surface area contributed by atoms with Crippen LogP contribution in [0.1, 0.15) is 0 Å². The standard InChI is InChI=1S/C14H11F2N3O/c1-17-9-5-10(12-7(15)3-2-4-8(12)16)19-11-6-18-14(20)13(9)11/h2-6,17-18,20H,1H3. The molecule has 3 N–H and O–H groups in total. The molecule has 0 saturated carbocycles. The van der Waals surface area contributed by atoms with Gasteiger partial charge in [-0.15, -0.1) is 0 Å². The van der Waals surface area contributed by atoms with Crippen molar-refractivity contribution in [3.05, 3.63) is 42.1 Å². The minimum atomic E-state index is -0.682. The summed E-state index contributed by atoms with van der Waals surface area (Å²) < 4.78 is 27.6. The van der Waals surface area contributed by atoms with Gasteiger partial charge in [-0.1, -0.05) is 6.07 Å². The molecule has 102 valence electrons. The molecule has 0 saturated heterocycles. The van der Waals surface area contributed by atoms with Crippen molar-refractivity contribution in [1.82, 2.24) is 9.97 Å². The lowest BCUT2D eigenvalue weighted by atomic mass is 10.1. The smallest absolute Gasteiger partial charge is 0.200 e. The zero-order valence-corrected chi connectivity index (χ0v) is 10.5. The number of hydrogen-bond donors (Lipinski definition) is 3. The predicted molar refractivity (Wildman–Crippen MR) is 72.7 cm³/mol. The first-order valence-electron chi connectivity index (χ1n) is 5.95. The number of aromatic amines is 1. The van der Waals surface area contributed by atoms with Crippen molar-refractivity contribution in [2.24, 2.45) is 0 Å². The average Bonchev–Trinajstić information content (AvgIpc) is 2.79. The maximum atomic E-state index is 13.8. The molecule has 3 aromatic rings. The molecule has 0 aliphatic rings. The van der Waals surface area contributed by atoms with E-state index in [9.17, 15) is 13.9 Å². The Labute approximate surface area is 113 Å². The number of nitrogens with zero attached hydrogens (tertiary/aromatic N) is 1. The van der Waals surface area contributed by atoms with Crippen molar-refractivity contribution >= 4 is 16.6 Å². The highest BCUT2D eigenvalue weighted by atomic mass is 19.1. The third-order valence-corrected chi connectivity index (χ3v) is 3.12. The molecule has 20 heavy (non-hydrogen) atoms. The first-order valence-corrected chi connectivity index (χ1v) is 5.95. The minimum absolute atomic E-state index is 0.0441. The van der Waals surface area contributed by atoms with Crippen LogP contribution in [0.2, 0.25) is 0 Å². The van der Waals surface area contributed by atoms with Gasteiger partial charge in [-0.2, -0.15) is 0 Å². The van der Waals surface area contributed by atoms with Crippen molar-refractivity contribution < 1.29 is 13.9 Å². The van der Waals surface area contributed by atoms with Crippen molar-refractivity contribution in [2.45, 2.75) is 0 Å². The van der Waals surface area contributed by atoms with Crippen LogP contribution in [0.3, 0.4) is 0 Å². The molecule has 4 nitrogen and oxygen atoms in total. The van der Waals surface area contributed by atoms with E-state index >= 15 is 0 Å². The summed E-state index contributed by atoms with van der Waals surface area (Å²) >= 11 is 0. The number of H-pyrrole nitrogens is 1. The second-order valence-electron chi connectivity index (χ2n) is 4.30. The number of fused-ring (bicyclic) bond motifs is 1. The number of halogens is 2. The number of hydrogen-bond acceptors (Lipinski definition) is 3. The first kappa shape index (κ1) is 12.4. The summed E-state index contributed by atoms with van der Waals surface area (Å²) in [6.45, 7) is 0. The number of aromatic nitrogens is 2. The van der Waals surface area contributed by atoms with E-state index in [1.165, 1.54) is 30.5 Å². The van der Waals surface area contributed by atoms with Crippen LogP contribution in [0, 0.1) is 11.6 Å². The van der Waals surface area contributed by atoms with E-state index in [-0.39, 0.29) is 17.1 Å². The molecule has 2 heterocycles. The van der Waals surface area contributed by atoms with E-state index in [2.05, 4.69) is 15.3 Å². The third-order valence-electron chi connectivity index (χ3n) is 3.12. The number of pyridine rings is 1. The van der Waals surface area contributed by atoms with Gasteiger partial charge >= 0.3 is 0 Å². The van der Waals surface area contributed by atoms with Crippen LogP contribution in [-0.4, -0.2) is 22.1 Å². The highest BCUT2D eigenvalue weighted by molar-refractivity contribution is 5.97. The zero-order chi connectivity index (χ0) is 14.3. The lowest BCUT2D eigenvalue weighted by Gasteiger charge is -2.08. The molecule has 0 amide bonds. The summed E-state index contributed by atoms with van der Waals surface area (Å²) in [5, 5.41) is 13.1. The summed E-state index contributed by atoms with van der Waals surface area (Å²) in [5.74, 6) is -1.41. The second kappa shape index (κ2) is 4.48. The second-order valence-corrected chi connectivity index (χ2v) is 4.30. The van der Waals surface area contributed by atoms with Gasteiger partial charge in [0, 0.05) is 13.2 Å². The van der Waals surface area contributed by atoms with Gasteiger partial charge in [0.05, 0.1) is 27.8 Å². The Morgan fingerprint density at radius 1 is 1.25 bits per heavy atom. The van der Waals surface area contributed by atoms with E-state index < -0.39 is 11.6 Å². The fraction of sp³-hybridized carbons (Fsp3) is 0.0714. The van der Waals surface area contributed by atoms with E-state index in [1.54, 1.807) is 7.05 Å². The van der Waals surface area contributed by atoms with E-state index in [4.69, 9.17) is 0 Å². The molecule has 0 radical (unpaired) electrons. The van der Waals surface area contributed by atoms with E-state index in [1.807, 2.05) is 0 Å². The molecule has 0 fully saturated rings. The Morgan fingerprint density at radius 2 is 1.95 bits per heavy atom. The molecule has 6 heteroatoms. The molecule has 0 atom stereocenters. The van der Waals surface area contributed by atoms with Gasteiger partial charge < -0.3 is 15.4 Å². The van der Waals surface area contributed by atoms with Crippen molar-refractivity contribution in [3.8, 4) is 17.1 Å². The van der Waals surface area contributed by atoms with E-state index in [0.29, 0.717) is 16.6 Å². The van der Waals surface area contributed by atoms with Gasteiger partial charge in [-0.05, 0) is 18.2 Å². The molecule has 3 rings (SSSR count). The van der Waals surface area contributed by atoms with Crippen LogP contribution in [0.15, 0.2) is 30.5 Å². The minimum Gasteiger partial charge on any atom is -0.494 e. The van der Waals surface area contributed by atoms with Gasteiger partial charge in [-0.3, -0.25) is 0 Å². The molecule has 1 aromatic carbocycles. The normalized spacial score (nSPS) is 10.9. The Bertz CT molecular complexity index is 778. The SMILES string of the molecule is CNc1cc(-c2c(F)cccc2F)nc2c[nH]c(O)c12. The van der Waals surface area contributed by atoms with Gasteiger partial charge in [0.15, 0.2) is 5.88 Å². The molecular weight excluding hydrogens is 264 g/mol. The summed E-state index contributed by atoms with van der Waals surface area (Å²) in [5.41, 5.74) is 0.932. The molecule has 0 spiro atoms. The topological polar surface area (TPSA) is 60.9 Å². The summed E-state index contributed by atoms with van der Waals surface area (Å²) in [6.07, 6.45) is 1.48. The molecule has 2 aromatic heterocycles. The number of benzene rings is 1. The summed E-state index contributed by atoms with van der Waals surface area (Å²) in [6, 6.07) is 5.15. The Kier molecular flexibility index (Phi) is 2.78. The Balaban J connectivity index is 2.33. The molecule has 0 bridgehead atoms. The zero-order valence-electron chi connectivity index (χ0n) is 10.5. The van der Waals surface area contributed by atoms with Crippen molar-refractivity contribution in [2.75, 3.05) is 12.4 Å². The lowest BCUT2D eigenvalue weighted by molar-refractivity contribution is 0.463. The van der Waals surface area contributed by atoms with Gasteiger partial charge in [-0.25, -0.2) is 13.8 Å². The highest BCUT2D eigenvalue weighted by Crippen LogP contribution is 2.34. The maximum Gasteiger partial charge on any atom is 0.200 e. The number of aromatic hydroxyl groups is 1. The van der Waals surface area contributed by atoms with Crippen LogP contribution in [0.4, 0.5) is 14.5 Å². The third kappa shape index (κ3) is 1.77. The van der Waals surface area contributed by atoms with Gasteiger partial charge in [0.2, 0.25) is 0 Å². The molecular formula is C14H11F2N3O. The lowest BCUT2D eigenvalue weighted by Crippen LogP contribution is -1.96. The fourth-order valence-corrected chi connectivity index (χ4v) is 2.19.